The molecule has 10 aromatic rings. The Bertz CT molecular complexity index is 2780. The Labute approximate surface area is 271 Å². The third-order valence-electron chi connectivity index (χ3n) is 9.84. The van der Waals surface area contributed by atoms with E-state index in [9.17, 15) is 0 Å². The first-order valence-electron chi connectivity index (χ1n) is 16.2. The summed E-state index contributed by atoms with van der Waals surface area (Å²) >= 11 is 0. The van der Waals surface area contributed by atoms with E-state index in [1.807, 2.05) is 0 Å². The second-order valence-electron chi connectivity index (χ2n) is 12.5. The molecule has 1 heterocycles. The molecule has 0 spiro atoms. The Morgan fingerprint density at radius 3 is 1.47 bits per heavy atom. The maximum absolute atomic E-state index is 6.37. The highest BCUT2D eigenvalue weighted by Gasteiger charge is 2.18. The molecule has 0 aliphatic rings. The Balaban J connectivity index is 1.19. The van der Waals surface area contributed by atoms with E-state index in [0.717, 1.165) is 16.6 Å². The largest absolute Gasteiger partial charge is 0.456 e. The van der Waals surface area contributed by atoms with Gasteiger partial charge in [0.15, 0.2) is 0 Å². The minimum absolute atomic E-state index is 0.914. The highest BCUT2D eigenvalue weighted by atomic mass is 16.3. The van der Waals surface area contributed by atoms with Crippen molar-refractivity contribution in [3.63, 3.8) is 0 Å². The summed E-state index contributed by atoms with van der Waals surface area (Å²) in [5.74, 6) is 0. The van der Waals surface area contributed by atoms with Crippen LogP contribution in [0.1, 0.15) is 0 Å². The van der Waals surface area contributed by atoms with Crippen molar-refractivity contribution in [1.82, 2.24) is 0 Å². The first-order chi connectivity index (χ1) is 23.3. The van der Waals surface area contributed by atoms with Gasteiger partial charge in [0.05, 0.1) is 0 Å². The summed E-state index contributed by atoms with van der Waals surface area (Å²) in [5, 5.41) is 12.3. The van der Waals surface area contributed by atoms with Crippen LogP contribution in [0.4, 0.5) is 0 Å². The highest BCUT2D eigenvalue weighted by Crippen LogP contribution is 2.45. The van der Waals surface area contributed by atoms with Gasteiger partial charge in [-0.15, -0.1) is 0 Å². The number of hydrogen-bond donors (Lipinski definition) is 0. The molecule has 0 radical (unpaired) electrons. The van der Waals surface area contributed by atoms with Crippen LogP contribution in [0.2, 0.25) is 0 Å². The quantitative estimate of drug-likeness (QED) is 0.185. The molecule has 0 N–H and O–H groups in total. The predicted molar refractivity (Wildman–Crippen MR) is 200 cm³/mol. The Morgan fingerprint density at radius 2 is 0.766 bits per heavy atom. The Hall–Kier alpha value is -6.18. The van der Waals surface area contributed by atoms with Gasteiger partial charge in [0.1, 0.15) is 11.2 Å². The van der Waals surface area contributed by atoms with E-state index in [4.69, 9.17) is 4.42 Å². The Morgan fingerprint density at radius 1 is 0.277 bits per heavy atom. The summed E-state index contributed by atoms with van der Waals surface area (Å²) in [6.45, 7) is 0. The molecule has 0 aliphatic heterocycles. The maximum Gasteiger partial charge on any atom is 0.136 e. The molecule has 0 saturated carbocycles. The van der Waals surface area contributed by atoms with Crippen LogP contribution in [0.3, 0.4) is 0 Å². The fourth-order valence-electron chi connectivity index (χ4n) is 7.65. The normalized spacial score (nSPS) is 11.8. The van der Waals surface area contributed by atoms with Crippen molar-refractivity contribution < 1.29 is 4.42 Å². The van der Waals surface area contributed by atoms with Crippen molar-refractivity contribution in [2.75, 3.05) is 0 Å². The molecule has 9 aromatic carbocycles. The van der Waals surface area contributed by atoms with Crippen LogP contribution in [-0.4, -0.2) is 0 Å². The van der Waals surface area contributed by atoms with E-state index in [0.29, 0.717) is 0 Å². The number of hydrogen-bond acceptors (Lipinski definition) is 1. The van der Waals surface area contributed by atoms with Crippen molar-refractivity contribution in [3.05, 3.63) is 170 Å². The van der Waals surface area contributed by atoms with E-state index < -0.39 is 0 Å². The van der Waals surface area contributed by atoms with Gasteiger partial charge in [-0.3, -0.25) is 0 Å². The van der Waals surface area contributed by atoms with Crippen LogP contribution in [-0.2, 0) is 0 Å². The topological polar surface area (TPSA) is 13.1 Å². The van der Waals surface area contributed by atoms with Crippen LogP contribution in [0, 0.1) is 0 Å². The SMILES string of the molecule is c1ccc2cc(-c3ccc(-c4c5ccccc5c(-c5ccc6oc7ccc8ccccc8c7c6c5)c5ccccc45)cc3)ccc2c1. The second-order valence-corrected chi connectivity index (χ2v) is 12.5. The molecule has 0 bridgehead atoms. The summed E-state index contributed by atoms with van der Waals surface area (Å²) in [4.78, 5) is 0. The predicted octanol–water partition coefficient (Wildman–Crippen LogP) is 13.2. The fraction of sp³-hybridized carbons (Fsp3) is 0. The molecule has 218 valence electrons. The molecule has 47 heavy (non-hydrogen) atoms. The third-order valence-corrected chi connectivity index (χ3v) is 9.84. The van der Waals surface area contributed by atoms with Crippen molar-refractivity contribution in [2.45, 2.75) is 0 Å². The number of benzene rings is 9. The summed E-state index contributed by atoms with van der Waals surface area (Å²) in [7, 11) is 0. The minimum atomic E-state index is 0.914. The number of fused-ring (bicyclic) bond motifs is 8. The van der Waals surface area contributed by atoms with E-state index in [2.05, 4.69) is 170 Å². The standard InChI is InChI=1S/C46H28O/c1-2-11-33-27-34(22-19-29(33)9-1)30-17-20-32(21-18-30)44-37-13-5-7-15-39(37)45(40-16-8-6-14-38(40)44)35-24-25-42-41(28-35)46-36-12-4-3-10-31(36)23-26-43(46)47-42/h1-28H. The number of rotatable bonds is 3. The van der Waals surface area contributed by atoms with Gasteiger partial charge in [-0.25, -0.2) is 0 Å². The maximum atomic E-state index is 6.37. The van der Waals surface area contributed by atoms with E-state index in [1.54, 1.807) is 0 Å². The van der Waals surface area contributed by atoms with Gasteiger partial charge in [-0.2, -0.15) is 0 Å². The first kappa shape index (κ1) is 26.1. The summed E-state index contributed by atoms with van der Waals surface area (Å²) in [6.07, 6.45) is 0. The lowest BCUT2D eigenvalue weighted by Crippen LogP contribution is -1.91. The molecule has 0 atom stereocenters. The summed E-state index contributed by atoms with van der Waals surface area (Å²) < 4.78 is 6.37. The summed E-state index contributed by atoms with van der Waals surface area (Å²) in [5.41, 5.74) is 9.23. The second kappa shape index (κ2) is 10.2. The molecule has 0 unspecified atom stereocenters. The monoisotopic (exact) mass is 596 g/mol. The van der Waals surface area contributed by atoms with Crippen LogP contribution in [0.15, 0.2) is 174 Å². The van der Waals surface area contributed by atoms with Crippen molar-refractivity contribution in [3.8, 4) is 33.4 Å². The molecular weight excluding hydrogens is 569 g/mol. The van der Waals surface area contributed by atoms with Gasteiger partial charge in [0.2, 0.25) is 0 Å². The molecule has 1 aromatic heterocycles. The van der Waals surface area contributed by atoms with Gasteiger partial charge < -0.3 is 4.42 Å². The van der Waals surface area contributed by atoms with E-state index >= 15 is 0 Å². The van der Waals surface area contributed by atoms with E-state index in [-0.39, 0.29) is 0 Å². The van der Waals surface area contributed by atoms with Crippen molar-refractivity contribution in [1.29, 1.82) is 0 Å². The highest BCUT2D eigenvalue weighted by molar-refractivity contribution is 6.23. The lowest BCUT2D eigenvalue weighted by atomic mass is 9.85. The lowest BCUT2D eigenvalue weighted by molar-refractivity contribution is 0.669. The molecule has 10 rings (SSSR count). The molecule has 0 fully saturated rings. The Kier molecular flexibility index (Phi) is 5.64. The smallest absolute Gasteiger partial charge is 0.136 e. The first-order valence-corrected chi connectivity index (χ1v) is 16.2. The van der Waals surface area contributed by atoms with Gasteiger partial charge in [-0.1, -0.05) is 146 Å². The molecule has 0 saturated heterocycles. The average molecular weight is 597 g/mol. The van der Waals surface area contributed by atoms with Crippen LogP contribution in [0.5, 0.6) is 0 Å². The lowest BCUT2D eigenvalue weighted by Gasteiger charge is -2.18. The van der Waals surface area contributed by atoms with E-state index in [1.165, 1.54) is 81.9 Å². The zero-order chi connectivity index (χ0) is 30.9. The van der Waals surface area contributed by atoms with Gasteiger partial charge in [-0.05, 0) is 101 Å². The van der Waals surface area contributed by atoms with Gasteiger partial charge in [0.25, 0.3) is 0 Å². The molecular formula is C46H28O. The van der Waals surface area contributed by atoms with Crippen LogP contribution >= 0.6 is 0 Å². The molecule has 0 aliphatic carbocycles. The zero-order valence-electron chi connectivity index (χ0n) is 25.6. The average Bonchev–Trinajstić information content (AvgIpc) is 3.52. The fourth-order valence-corrected chi connectivity index (χ4v) is 7.65. The van der Waals surface area contributed by atoms with Crippen LogP contribution < -0.4 is 0 Å². The molecule has 1 nitrogen and oxygen atoms in total. The van der Waals surface area contributed by atoms with Crippen molar-refractivity contribution >= 4 is 65.0 Å². The van der Waals surface area contributed by atoms with Gasteiger partial charge >= 0.3 is 0 Å². The third kappa shape index (κ3) is 4.03. The van der Waals surface area contributed by atoms with Crippen molar-refractivity contribution in [2.24, 2.45) is 0 Å². The summed E-state index contributed by atoms with van der Waals surface area (Å²) in [6, 6.07) is 61.6. The molecule has 0 amide bonds. The minimum Gasteiger partial charge on any atom is -0.456 e. The van der Waals surface area contributed by atoms with Crippen LogP contribution in [0.25, 0.3) is 98.4 Å². The van der Waals surface area contributed by atoms with Gasteiger partial charge in [0, 0.05) is 10.8 Å². The number of furan rings is 1. The zero-order valence-corrected chi connectivity index (χ0v) is 25.6. The molecule has 1 heteroatoms.